The number of nitrogens with two attached hydrogens (primary N) is 1. The lowest BCUT2D eigenvalue weighted by atomic mass is 10.1. The first kappa shape index (κ1) is 13.7. The predicted molar refractivity (Wildman–Crippen MR) is 75.4 cm³/mol. The highest BCUT2D eigenvalue weighted by molar-refractivity contribution is 5.83. The van der Waals surface area contributed by atoms with Gasteiger partial charge in [-0.05, 0) is 25.1 Å². The number of amides is 1. The summed E-state index contributed by atoms with van der Waals surface area (Å²) in [5.41, 5.74) is 6.59. The number of ether oxygens (including phenoxy) is 1. The summed E-state index contributed by atoms with van der Waals surface area (Å²) in [6, 6.07) is 7.94. The largest absolute Gasteiger partial charge is 0.495 e. The van der Waals surface area contributed by atoms with Gasteiger partial charge in [-0.25, -0.2) is 0 Å². The van der Waals surface area contributed by atoms with Crippen LogP contribution in [0.1, 0.15) is 6.42 Å². The van der Waals surface area contributed by atoms with Gasteiger partial charge in [-0.2, -0.15) is 0 Å². The second kappa shape index (κ2) is 5.93. The van der Waals surface area contributed by atoms with E-state index in [4.69, 9.17) is 10.5 Å². The van der Waals surface area contributed by atoms with Crippen LogP contribution in [0.5, 0.6) is 5.75 Å². The topological polar surface area (TPSA) is 58.8 Å². The van der Waals surface area contributed by atoms with Crippen LogP contribution in [0.2, 0.25) is 0 Å². The highest BCUT2D eigenvalue weighted by Crippen LogP contribution is 2.29. The van der Waals surface area contributed by atoms with Crippen LogP contribution in [0.15, 0.2) is 24.3 Å². The molecule has 0 saturated carbocycles. The molecule has 19 heavy (non-hydrogen) atoms. The molecule has 1 aromatic rings. The summed E-state index contributed by atoms with van der Waals surface area (Å²) in [5, 5.41) is 0. The molecule has 1 atom stereocenters. The van der Waals surface area contributed by atoms with Crippen molar-refractivity contribution in [1.29, 1.82) is 0 Å². The van der Waals surface area contributed by atoms with Gasteiger partial charge in [0, 0.05) is 13.6 Å². The van der Waals surface area contributed by atoms with Crippen LogP contribution in [0.3, 0.4) is 0 Å². The number of likely N-dealkylation sites (N-methyl/N-ethyl adjacent to an activating group) is 1. The predicted octanol–water partition coefficient (Wildman–Crippen LogP) is 0.691. The molecule has 5 nitrogen and oxygen atoms in total. The van der Waals surface area contributed by atoms with E-state index in [2.05, 4.69) is 4.90 Å². The standard InChI is InChI=1S/C14H21N3O2/c1-16-11(7-8-15)9-17(10-14(16)18)12-5-3-4-6-13(12)19-2/h3-6,11H,7-10,15H2,1-2H3. The van der Waals surface area contributed by atoms with Gasteiger partial charge in [-0.1, -0.05) is 12.1 Å². The maximum Gasteiger partial charge on any atom is 0.242 e. The van der Waals surface area contributed by atoms with Gasteiger partial charge >= 0.3 is 0 Å². The Morgan fingerprint density at radius 1 is 1.42 bits per heavy atom. The first-order chi connectivity index (χ1) is 9.17. The van der Waals surface area contributed by atoms with Crippen LogP contribution in [-0.2, 0) is 4.79 Å². The first-order valence-electron chi connectivity index (χ1n) is 6.51. The molecular formula is C14H21N3O2. The first-order valence-corrected chi connectivity index (χ1v) is 6.51. The normalized spacial score (nSPS) is 19.7. The summed E-state index contributed by atoms with van der Waals surface area (Å²) < 4.78 is 5.36. The Labute approximate surface area is 113 Å². The van der Waals surface area contributed by atoms with Crippen molar-refractivity contribution in [1.82, 2.24) is 4.90 Å². The molecule has 1 amide bonds. The van der Waals surface area contributed by atoms with E-state index < -0.39 is 0 Å². The third-order valence-corrected chi connectivity index (χ3v) is 3.62. The summed E-state index contributed by atoms with van der Waals surface area (Å²) in [6.07, 6.45) is 0.813. The van der Waals surface area contributed by atoms with Crippen molar-refractivity contribution in [3.8, 4) is 5.75 Å². The Kier molecular flexibility index (Phi) is 4.27. The van der Waals surface area contributed by atoms with E-state index in [-0.39, 0.29) is 11.9 Å². The van der Waals surface area contributed by atoms with E-state index >= 15 is 0 Å². The highest BCUT2D eigenvalue weighted by Gasteiger charge is 2.30. The van der Waals surface area contributed by atoms with Gasteiger partial charge in [-0.3, -0.25) is 4.79 Å². The van der Waals surface area contributed by atoms with Gasteiger partial charge in [0.25, 0.3) is 0 Å². The molecule has 1 unspecified atom stereocenters. The molecule has 0 radical (unpaired) electrons. The monoisotopic (exact) mass is 263 g/mol. The molecule has 0 aromatic heterocycles. The number of para-hydroxylation sites is 2. The third-order valence-electron chi connectivity index (χ3n) is 3.62. The van der Waals surface area contributed by atoms with Gasteiger partial charge < -0.3 is 20.3 Å². The molecule has 1 fully saturated rings. The zero-order valence-corrected chi connectivity index (χ0v) is 11.5. The minimum absolute atomic E-state index is 0.121. The maximum absolute atomic E-state index is 12.1. The molecule has 1 aromatic carbocycles. The van der Waals surface area contributed by atoms with Gasteiger partial charge in [0.15, 0.2) is 0 Å². The Bertz CT molecular complexity index is 450. The number of benzene rings is 1. The van der Waals surface area contributed by atoms with E-state index in [0.29, 0.717) is 13.1 Å². The Hall–Kier alpha value is -1.75. The zero-order valence-electron chi connectivity index (χ0n) is 11.5. The highest BCUT2D eigenvalue weighted by atomic mass is 16.5. The molecule has 0 aliphatic carbocycles. The molecule has 2 rings (SSSR count). The van der Waals surface area contributed by atoms with E-state index in [9.17, 15) is 4.79 Å². The van der Waals surface area contributed by atoms with Crippen LogP contribution in [0, 0.1) is 0 Å². The lowest BCUT2D eigenvalue weighted by molar-refractivity contribution is -0.132. The van der Waals surface area contributed by atoms with Crippen LogP contribution in [0.4, 0.5) is 5.69 Å². The van der Waals surface area contributed by atoms with Gasteiger partial charge in [-0.15, -0.1) is 0 Å². The summed E-state index contributed by atoms with van der Waals surface area (Å²) >= 11 is 0. The fourth-order valence-corrected chi connectivity index (χ4v) is 2.47. The molecule has 1 aliphatic rings. The number of anilines is 1. The van der Waals surface area contributed by atoms with Crippen LogP contribution < -0.4 is 15.4 Å². The Morgan fingerprint density at radius 2 is 2.16 bits per heavy atom. The smallest absolute Gasteiger partial charge is 0.242 e. The zero-order chi connectivity index (χ0) is 13.8. The molecule has 104 valence electrons. The van der Waals surface area contributed by atoms with E-state index in [1.54, 1.807) is 12.0 Å². The average Bonchev–Trinajstić information content (AvgIpc) is 2.43. The van der Waals surface area contributed by atoms with Crippen molar-refractivity contribution in [2.45, 2.75) is 12.5 Å². The number of hydrogen-bond donors (Lipinski definition) is 1. The lowest BCUT2D eigenvalue weighted by Gasteiger charge is -2.40. The number of carbonyl (C=O) groups excluding carboxylic acids is 1. The molecule has 2 N–H and O–H groups in total. The van der Waals surface area contributed by atoms with Crippen molar-refractivity contribution in [3.63, 3.8) is 0 Å². The van der Waals surface area contributed by atoms with Crippen molar-refractivity contribution in [3.05, 3.63) is 24.3 Å². The molecule has 1 saturated heterocycles. The van der Waals surface area contributed by atoms with Crippen LogP contribution in [-0.4, -0.2) is 50.6 Å². The van der Waals surface area contributed by atoms with Crippen molar-refractivity contribution in [2.24, 2.45) is 5.73 Å². The van der Waals surface area contributed by atoms with Crippen LogP contribution >= 0.6 is 0 Å². The molecule has 1 heterocycles. The summed E-state index contributed by atoms with van der Waals surface area (Å²) in [7, 11) is 3.50. The van der Waals surface area contributed by atoms with Crippen molar-refractivity contribution < 1.29 is 9.53 Å². The Balaban J connectivity index is 2.22. The van der Waals surface area contributed by atoms with Gasteiger partial charge in [0.1, 0.15) is 5.75 Å². The minimum atomic E-state index is 0.121. The number of rotatable bonds is 4. The fourth-order valence-electron chi connectivity index (χ4n) is 2.47. The molecular weight excluding hydrogens is 242 g/mol. The quantitative estimate of drug-likeness (QED) is 0.868. The fraction of sp³-hybridized carbons (Fsp3) is 0.500. The molecule has 0 spiro atoms. The van der Waals surface area contributed by atoms with E-state index in [0.717, 1.165) is 24.4 Å². The number of hydrogen-bond acceptors (Lipinski definition) is 4. The minimum Gasteiger partial charge on any atom is -0.495 e. The van der Waals surface area contributed by atoms with Gasteiger partial charge in [0.2, 0.25) is 5.91 Å². The second-order valence-electron chi connectivity index (χ2n) is 4.79. The van der Waals surface area contributed by atoms with Crippen molar-refractivity contribution in [2.75, 3.05) is 38.7 Å². The number of piperazine rings is 1. The Morgan fingerprint density at radius 3 is 2.84 bits per heavy atom. The van der Waals surface area contributed by atoms with Gasteiger partial charge in [0.05, 0.1) is 25.4 Å². The number of nitrogens with zero attached hydrogens (tertiary/aromatic N) is 2. The van der Waals surface area contributed by atoms with Crippen molar-refractivity contribution >= 4 is 11.6 Å². The van der Waals surface area contributed by atoms with Crippen LogP contribution in [0.25, 0.3) is 0 Å². The number of methoxy groups -OCH3 is 1. The summed E-state index contributed by atoms with van der Waals surface area (Å²) in [5.74, 6) is 0.918. The number of carbonyl (C=O) groups is 1. The van der Waals surface area contributed by atoms with E-state index in [1.807, 2.05) is 31.3 Å². The lowest BCUT2D eigenvalue weighted by Crippen LogP contribution is -2.55. The third kappa shape index (κ3) is 2.81. The molecule has 0 bridgehead atoms. The van der Waals surface area contributed by atoms with E-state index in [1.165, 1.54) is 0 Å². The second-order valence-corrected chi connectivity index (χ2v) is 4.79. The SMILES string of the molecule is COc1ccccc1N1CC(=O)N(C)C(CCN)C1. The molecule has 1 aliphatic heterocycles. The molecule has 5 heteroatoms. The maximum atomic E-state index is 12.1. The summed E-state index contributed by atoms with van der Waals surface area (Å²) in [6.45, 7) is 1.76. The summed E-state index contributed by atoms with van der Waals surface area (Å²) in [4.78, 5) is 15.9. The average molecular weight is 263 g/mol.